The van der Waals surface area contributed by atoms with E-state index in [1.165, 1.54) is 0 Å². The smallest absolute Gasteiger partial charge is 0.303 e. The van der Waals surface area contributed by atoms with Gasteiger partial charge < -0.3 is 10.4 Å². The molecule has 0 aliphatic rings. The van der Waals surface area contributed by atoms with Gasteiger partial charge in [0.2, 0.25) is 0 Å². The van der Waals surface area contributed by atoms with E-state index in [1.807, 2.05) is 20.8 Å². The van der Waals surface area contributed by atoms with Crippen molar-refractivity contribution in [2.45, 2.75) is 52.0 Å². The van der Waals surface area contributed by atoms with E-state index in [1.54, 1.807) is 13.0 Å². The highest BCUT2D eigenvalue weighted by atomic mass is 16.4. The Morgan fingerprint density at radius 1 is 1.47 bits per heavy atom. The number of nitrogens with one attached hydrogen (secondary N) is 2. The zero-order valence-corrected chi connectivity index (χ0v) is 11.8. The van der Waals surface area contributed by atoms with E-state index in [4.69, 9.17) is 5.11 Å². The molecule has 3 N–H and O–H groups in total. The Bertz CT molecular complexity index is 460. The van der Waals surface area contributed by atoms with Crippen LogP contribution in [0.1, 0.15) is 56.7 Å². The van der Waals surface area contributed by atoms with Crippen LogP contribution in [0.5, 0.6) is 0 Å². The lowest BCUT2D eigenvalue weighted by Crippen LogP contribution is -2.33. The predicted octanol–water partition coefficient (Wildman–Crippen LogP) is 1.69. The van der Waals surface area contributed by atoms with E-state index < -0.39 is 5.97 Å². The third-order valence-corrected chi connectivity index (χ3v) is 2.79. The average Bonchev–Trinajstić information content (AvgIpc) is 2.75. The van der Waals surface area contributed by atoms with Crippen LogP contribution in [0.15, 0.2) is 6.07 Å². The molecule has 0 aromatic carbocycles. The summed E-state index contributed by atoms with van der Waals surface area (Å²) in [5.74, 6) is -1.15. The number of aromatic nitrogens is 2. The minimum absolute atomic E-state index is 0.0370. The third-order valence-electron chi connectivity index (χ3n) is 2.79. The number of aliphatic carboxylic acids is 1. The number of carboxylic acids is 1. The van der Waals surface area contributed by atoms with E-state index >= 15 is 0 Å². The van der Waals surface area contributed by atoms with Crippen molar-refractivity contribution in [2.24, 2.45) is 0 Å². The Labute approximate surface area is 112 Å². The van der Waals surface area contributed by atoms with Crippen molar-refractivity contribution in [3.8, 4) is 0 Å². The fourth-order valence-electron chi connectivity index (χ4n) is 1.53. The summed E-state index contributed by atoms with van der Waals surface area (Å²) in [7, 11) is 0. The fraction of sp³-hybridized carbons (Fsp3) is 0.615. The topological polar surface area (TPSA) is 95.1 Å². The molecule has 0 aliphatic carbocycles. The molecule has 0 fully saturated rings. The monoisotopic (exact) mass is 267 g/mol. The molecule has 0 saturated carbocycles. The minimum Gasteiger partial charge on any atom is -0.481 e. The summed E-state index contributed by atoms with van der Waals surface area (Å²) in [6, 6.07) is 1.53. The second-order valence-electron chi connectivity index (χ2n) is 5.72. The summed E-state index contributed by atoms with van der Waals surface area (Å²) in [4.78, 5) is 22.3. The molecule has 1 aromatic heterocycles. The second kappa shape index (κ2) is 5.86. The van der Waals surface area contributed by atoms with Gasteiger partial charge in [0.05, 0.1) is 0 Å². The molecular weight excluding hydrogens is 246 g/mol. The van der Waals surface area contributed by atoms with Gasteiger partial charge in [0.1, 0.15) is 5.69 Å². The zero-order chi connectivity index (χ0) is 14.6. The Hall–Kier alpha value is -1.85. The third kappa shape index (κ3) is 4.73. The van der Waals surface area contributed by atoms with Gasteiger partial charge in [-0.1, -0.05) is 20.8 Å². The number of carbonyl (C=O) groups excluding carboxylic acids is 1. The first kappa shape index (κ1) is 15.2. The molecule has 1 unspecified atom stereocenters. The van der Waals surface area contributed by atoms with Gasteiger partial charge in [0.15, 0.2) is 0 Å². The van der Waals surface area contributed by atoms with Crippen molar-refractivity contribution < 1.29 is 14.7 Å². The number of carbonyl (C=O) groups is 2. The summed E-state index contributed by atoms with van der Waals surface area (Å²) < 4.78 is 0. The lowest BCUT2D eigenvalue weighted by atomic mass is 9.92. The van der Waals surface area contributed by atoms with Gasteiger partial charge in [-0.15, -0.1) is 0 Å². The molecule has 1 atom stereocenters. The van der Waals surface area contributed by atoms with Crippen LogP contribution in [-0.2, 0) is 10.2 Å². The van der Waals surface area contributed by atoms with Gasteiger partial charge in [-0.3, -0.25) is 14.7 Å². The molecule has 0 radical (unpaired) electrons. The molecule has 19 heavy (non-hydrogen) atoms. The van der Waals surface area contributed by atoms with E-state index in [0.29, 0.717) is 12.1 Å². The number of nitrogens with zero attached hydrogens (tertiary/aromatic N) is 1. The normalized spacial score (nSPS) is 13.1. The van der Waals surface area contributed by atoms with Crippen LogP contribution in [0.25, 0.3) is 0 Å². The maximum absolute atomic E-state index is 11.9. The Balaban J connectivity index is 2.58. The molecule has 0 spiro atoms. The fourth-order valence-corrected chi connectivity index (χ4v) is 1.53. The molecule has 1 amide bonds. The lowest BCUT2D eigenvalue weighted by molar-refractivity contribution is -0.137. The van der Waals surface area contributed by atoms with Crippen molar-refractivity contribution in [2.75, 3.05) is 0 Å². The SMILES string of the molecule is CC(CCC(=O)O)NC(=O)c1cc(C(C)(C)C)[nH]n1. The first-order valence-electron chi connectivity index (χ1n) is 6.28. The van der Waals surface area contributed by atoms with Crippen molar-refractivity contribution in [3.05, 3.63) is 17.5 Å². The molecule has 106 valence electrons. The Kier molecular flexibility index (Phi) is 4.69. The molecule has 1 aromatic rings. The van der Waals surface area contributed by atoms with E-state index in [2.05, 4.69) is 15.5 Å². The second-order valence-corrected chi connectivity index (χ2v) is 5.72. The number of H-pyrrole nitrogens is 1. The standard InChI is InChI=1S/C13H21N3O3/c1-8(5-6-11(17)18)14-12(19)9-7-10(16-15-9)13(2,3)4/h7-8H,5-6H2,1-4H3,(H,14,19)(H,15,16)(H,17,18). The van der Waals surface area contributed by atoms with Crippen LogP contribution >= 0.6 is 0 Å². The number of rotatable bonds is 5. The summed E-state index contributed by atoms with van der Waals surface area (Å²) in [6.45, 7) is 7.85. The molecule has 0 saturated heterocycles. The van der Waals surface area contributed by atoms with Crippen molar-refractivity contribution >= 4 is 11.9 Å². The average molecular weight is 267 g/mol. The quantitative estimate of drug-likeness (QED) is 0.756. The van der Waals surface area contributed by atoms with Crippen LogP contribution in [0.4, 0.5) is 0 Å². The van der Waals surface area contributed by atoms with Crippen molar-refractivity contribution in [3.63, 3.8) is 0 Å². The van der Waals surface area contributed by atoms with Crippen LogP contribution in [-0.4, -0.2) is 33.2 Å². The first-order valence-corrected chi connectivity index (χ1v) is 6.28. The van der Waals surface area contributed by atoms with Gasteiger partial charge in [0.25, 0.3) is 5.91 Å². The summed E-state index contributed by atoms with van der Waals surface area (Å²) in [5, 5.41) is 18.1. The largest absolute Gasteiger partial charge is 0.481 e. The highest BCUT2D eigenvalue weighted by Gasteiger charge is 2.20. The molecule has 6 heteroatoms. The Morgan fingerprint density at radius 2 is 2.11 bits per heavy atom. The van der Waals surface area contributed by atoms with Gasteiger partial charge in [-0.25, -0.2) is 0 Å². The molecule has 0 aliphatic heterocycles. The number of amides is 1. The predicted molar refractivity (Wildman–Crippen MR) is 71.1 cm³/mol. The number of hydrogen-bond donors (Lipinski definition) is 3. The van der Waals surface area contributed by atoms with E-state index in [0.717, 1.165) is 5.69 Å². The maximum atomic E-state index is 11.9. The summed E-state index contributed by atoms with van der Waals surface area (Å²) >= 11 is 0. The van der Waals surface area contributed by atoms with Crippen LogP contribution in [0, 0.1) is 0 Å². The van der Waals surface area contributed by atoms with Crippen LogP contribution in [0.3, 0.4) is 0 Å². The summed E-state index contributed by atoms with van der Waals surface area (Å²) in [6.07, 6.45) is 0.437. The van der Waals surface area contributed by atoms with Gasteiger partial charge >= 0.3 is 5.97 Å². The molecule has 6 nitrogen and oxygen atoms in total. The molecule has 1 heterocycles. The number of aromatic amines is 1. The lowest BCUT2D eigenvalue weighted by Gasteiger charge is -2.14. The molecular formula is C13H21N3O3. The van der Waals surface area contributed by atoms with Crippen LogP contribution in [0.2, 0.25) is 0 Å². The molecule has 0 bridgehead atoms. The van der Waals surface area contributed by atoms with E-state index in [9.17, 15) is 9.59 Å². The number of carboxylic acid groups (broad SMARTS) is 1. The van der Waals surface area contributed by atoms with Gasteiger partial charge in [-0.2, -0.15) is 5.10 Å². The first-order chi connectivity index (χ1) is 8.70. The maximum Gasteiger partial charge on any atom is 0.303 e. The van der Waals surface area contributed by atoms with Crippen molar-refractivity contribution in [1.82, 2.24) is 15.5 Å². The van der Waals surface area contributed by atoms with Gasteiger partial charge in [-0.05, 0) is 19.4 Å². The summed E-state index contributed by atoms with van der Waals surface area (Å²) in [5.41, 5.74) is 1.11. The van der Waals surface area contributed by atoms with Crippen molar-refractivity contribution in [1.29, 1.82) is 0 Å². The van der Waals surface area contributed by atoms with Crippen LogP contribution < -0.4 is 5.32 Å². The van der Waals surface area contributed by atoms with E-state index in [-0.39, 0.29) is 23.8 Å². The minimum atomic E-state index is -0.865. The number of hydrogen-bond acceptors (Lipinski definition) is 3. The highest BCUT2D eigenvalue weighted by Crippen LogP contribution is 2.20. The zero-order valence-electron chi connectivity index (χ0n) is 11.8. The van der Waals surface area contributed by atoms with Gasteiger partial charge in [0, 0.05) is 23.6 Å². The Morgan fingerprint density at radius 3 is 2.58 bits per heavy atom. The molecule has 1 rings (SSSR count). The highest BCUT2D eigenvalue weighted by molar-refractivity contribution is 5.92.